The molecule has 5 heteroatoms. The van der Waals surface area contributed by atoms with Crippen molar-refractivity contribution in [2.45, 2.75) is 17.9 Å². The van der Waals surface area contributed by atoms with E-state index in [0.29, 0.717) is 0 Å². The Balaban J connectivity index is 1.81. The molecule has 0 spiro atoms. The van der Waals surface area contributed by atoms with Gasteiger partial charge in [0.1, 0.15) is 0 Å². The van der Waals surface area contributed by atoms with Gasteiger partial charge in [-0.1, -0.05) is 60.7 Å². The quantitative estimate of drug-likeness (QED) is 0.435. The van der Waals surface area contributed by atoms with Crippen LogP contribution in [0.3, 0.4) is 0 Å². The molecule has 27 heavy (non-hydrogen) atoms. The van der Waals surface area contributed by atoms with Gasteiger partial charge in [0.15, 0.2) is 6.61 Å². The van der Waals surface area contributed by atoms with Gasteiger partial charge in [-0.15, -0.1) is 11.8 Å². The molecule has 2 aromatic rings. The van der Waals surface area contributed by atoms with Crippen LogP contribution in [-0.2, 0) is 14.3 Å². The molecular formula is C22H21NO3S. The van der Waals surface area contributed by atoms with Gasteiger partial charge in [0.25, 0.3) is 5.91 Å². The zero-order chi connectivity index (χ0) is 19.1. The van der Waals surface area contributed by atoms with Crippen LogP contribution in [0.5, 0.6) is 0 Å². The minimum Gasteiger partial charge on any atom is -0.452 e. The molecule has 1 aliphatic rings. The molecule has 0 saturated carbocycles. The van der Waals surface area contributed by atoms with E-state index in [1.807, 2.05) is 67.6 Å². The topological polar surface area (TPSA) is 46.6 Å². The number of nitrogens with zero attached hydrogens (tertiary/aromatic N) is 1. The van der Waals surface area contributed by atoms with Crippen molar-refractivity contribution in [1.82, 2.24) is 0 Å². The second-order valence-corrected chi connectivity index (χ2v) is 7.02. The Kier molecular flexibility index (Phi) is 6.49. The van der Waals surface area contributed by atoms with E-state index in [0.717, 1.165) is 21.9 Å². The number of carbonyl (C=O) groups excluding carboxylic acids is 2. The van der Waals surface area contributed by atoms with Crippen LogP contribution < -0.4 is 4.90 Å². The van der Waals surface area contributed by atoms with Crippen LogP contribution in [0, 0.1) is 0 Å². The number of benzene rings is 2. The highest BCUT2D eigenvalue weighted by atomic mass is 32.2. The third-order valence-corrected chi connectivity index (χ3v) is 5.30. The molecule has 1 heterocycles. The number of carbonyl (C=O) groups is 2. The van der Waals surface area contributed by atoms with E-state index in [4.69, 9.17) is 4.74 Å². The fourth-order valence-corrected chi connectivity index (χ4v) is 4.08. The van der Waals surface area contributed by atoms with Crippen molar-refractivity contribution in [3.05, 3.63) is 84.5 Å². The SMILES string of the molecule is C/C=C/C=C/C(=O)OCC(=O)N1c2ccccc2SC[C@H]1c1ccccc1. The number of fused-ring (bicyclic) bond motifs is 1. The first-order chi connectivity index (χ1) is 13.2. The lowest BCUT2D eigenvalue weighted by atomic mass is 10.1. The zero-order valence-corrected chi connectivity index (χ0v) is 15.9. The fourth-order valence-electron chi connectivity index (χ4n) is 2.91. The molecule has 0 N–H and O–H groups in total. The van der Waals surface area contributed by atoms with Crippen LogP contribution in [0.25, 0.3) is 0 Å². The molecule has 0 saturated heterocycles. The molecule has 138 valence electrons. The second-order valence-electron chi connectivity index (χ2n) is 5.96. The number of hydrogen-bond donors (Lipinski definition) is 0. The van der Waals surface area contributed by atoms with E-state index >= 15 is 0 Å². The Morgan fingerprint density at radius 3 is 2.63 bits per heavy atom. The van der Waals surface area contributed by atoms with Gasteiger partial charge in [-0.2, -0.15) is 0 Å². The van der Waals surface area contributed by atoms with E-state index in [1.165, 1.54) is 6.08 Å². The number of para-hydroxylation sites is 1. The standard InChI is InChI=1S/C22H21NO3S/c1-2-3-5-14-22(25)26-15-21(24)23-18-12-8-9-13-20(18)27-16-19(23)17-10-6-4-7-11-17/h2-14,19H,15-16H2,1H3/b3-2+,14-5+/t19-/m0/s1. The summed E-state index contributed by atoms with van der Waals surface area (Å²) in [6.45, 7) is 1.57. The molecule has 0 unspecified atom stereocenters. The molecule has 2 aromatic carbocycles. The molecule has 1 aliphatic heterocycles. The number of anilines is 1. The van der Waals surface area contributed by atoms with Crippen molar-refractivity contribution in [1.29, 1.82) is 0 Å². The fraction of sp³-hybridized carbons (Fsp3) is 0.182. The van der Waals surface area contributed by atoms with Crippen molar-refractivity contribution in [2.24, 2.45) is 0 Å². The van der Waals surface area contributed by atoms with Crippen LogP contribution in [0.1, 0.15) is 18.5 Å². The Morgan fingerprint density at radius 1 is 1.11 bits per heavy atom. The summed E-state index contributed by atoms with van der Waals surface area (Å²) in [5.74, 6) is -0.0104. The van der Waals surface area contributed by atoms with Crippen molar-refractivity contribution >= 4 is 29.3 Å². The minimum atomic E-state index is -0.530. The van der Waals surface area contributed by atoms with Gasteiger partial charge in [-0.05, 0) is 24.6 Å². The first-order valence-electron chi connectivity index (χ1n) is 8.75. The predicted octanol–water partition coefficient (Wildman–Crippen LogP) is 4.54. The molecule has 0 radical (unpaired) electrons. The van der Waals surface area contributed by atoms with Crippen LogP contribution in [0.2, 0.25) is 0 Å². The van der Waals surface area contributed by atoms with Gasteiger partial charge < -0.3 is 4.74 Å². The average Bonchev–Trinajstić information content (AvgIpc) is 2.72. The molecule has 0 aliphatic carbocycles. The van der Waals surface area contributed by atoms with Gasteiger partial charge in [-0.3, -0.25) is 9.69 Å². The first kappa shape index (κ1) is 19.0. The summed E-state index contributed by atoms with van der Waals surface area (Å²) < 4.78 is 5.15. The molecular weight excluding hydrogens is 358 g/mol. The maximum absolute atomic E-state index is 13.0. The first-order valence-corrected chi connectivity index (χ1v) is 9.74. The van der Waals surface area contributed by atoms with Gasteiger partial charge in [-0.25, -0.2) is 4.79 Å². The summed E-state index contributed by atoms with van der Waals surface area (Å²) in [6, 6.07) is 17.6. The number of amides is 1. The molecule has 3 rings (SSSR count). The number of thioether (sulfide) groups is 1. The highest BCUT2D eigenvalue weighted by Crippen LogP contribution is 2.43. The maximum atomic E-state index is 13.0. The average molecular weight is 379 g/mol. The second kappa shape index (κ2) is 9.24. The number of ether oxygens (including phenoxy) is 1. The highest BCUT2D eigenvalue weighted by molar-refractivity contribution is 7.99. The maximum Gasteiger partial charge on any atom is 0.331 e. The Labute approximate surface area is 163 Å². The van der Waals surface area contributed by atoms with E-state index in [-0.39, 0.29) is 18.6 Å². The van der Waals surface area contributed by atoms with Crippen molar-refractivity contribution in [2.75, 3.05) is 17.3 Å². The molecule has 4 nitrogen and oxygen atoms in total. The number of hydrogen-bond acceptors (Lipinski definition) is 4. The van der Waals surface area contributed by atoms with Gasteiger partial charge in [0.05, 0.1) is 11.7 Å². The smallest absolute Gasteiger partial charge is 0.331 e. The molecule has 1 atom stereocenters. The summed E-state index contributed by atoms with van der Waals surface area (Å²) in [5.41, 5.74) is 1.92. The normalized spacial score (nSPS) is 16.5. The van der Waals surface area contributed by atoms with Crippen molar-refractivity contribution < 1.29 is 14.3 Å². The van der Waals surface area contributed by atoms with E-state index in [2.05, 4.69) is 0 Å². The molecule has 0 bridgehead atoms. The minimum absolute atomic E-state index is 0.101. The number of esters is 1. The van der Waals surface area contributed by atoms with E-state index in [9.17, 15) is 9.59 Å². The third-order valence-electron chi connectivity index (χ3n) is 4.16. The largest absolute Gasteiger partial charge is 0.452 e. The molecule has 0 aromatic heterocycles. The molecule has 1 amide bonds. The van der Waals surface area contributed by atoms with Gasteiger partial charge in [0, 0.05) is 16.7 Å². The monoisotopic (exact) mass is 379 g/mol. The summed E-state index contributed by atoms with van der Waals surface area (Å²) in [5, 5.41) is 0. The zero-order valence-electron chi connectivity index (χ0n) is 15.1. The number of rotatable bonds is 5. The summed E-state index contributed by atoms with van der Waals surface area (Å²) in [7, 11) is 0. The lowest BCUT2D eigenvalue weighted by Gasteiger charge is -2.37. The van der Waals surface area contributed by atoms with Crippen molar-refractivity contribution in [3.63, 3.8) is 0 Å². The van der Waals surface area contributed by atoms with Crippen LogP contribution in [0.4, 0.5) is 5.69 Å². The number of allylic oxidation sites excluding steroid dienone is 3. The van der Waals surface area contributed by atoms with Crippen LogP contribution in [0.15, 0.2) is 83.8 Å². The van der Waals surface area contributed by atoms with Crippen LogP contribution in [-0.4, -0.2) is 24.2 Å². The Hall–Kier alpha value is -2.79. The van der Waals surface area contributed by atoms with Crippen molar-refractivity contribution in [3.8, 4) is 0 Å². The van der Waals surface area contributed by atoms with Crippen LogP contribution >= 0.6 is 11.8 Å². The summed E-state index contributed by atoms with van der Waals surface area (Å²) in [4.78, 5) is 27.6. The van der Waals surface area contributed by atoms with E-state index < -0.39 is 5.97 Å². The Bertz CT molecular complexity index is 861. The Morgan fingerprint density at radius 2 is 1.85 bits per heavy atom. The summed E-state index contributed by atoms with van der Waals surface area (Å²) in [6.07, 6.45) is 6.43. The lowest BCUT2D eigenvalue weighted by Crippen LogP contribution is -2.41. The van der Waals surface area contributed by atoms with Gasteiger partial charge >= 0.3 is 5.97 Å². The summed E-state index contributed by atoms with van der Waals surface area (Å²) >= 11 is 1.73. The van der Waals surface area contributed by atoms with Gasteiger partial charge in [0.2, 0.25) is 0 Å². The lowest BCUT2D eigenvalue weighted by molar-refractivity contribution is -0.143. The molecule has 0 fully saturated rings. The predicted molar refractivity (Wildman–Crippen MR) is 109 cm³/mol. The highest BCUT2D eigenvalue weighted by Gasteiger charge is 2.32. The third kappa shape index (κ3) is 4.68. The van der Waals surface area contributed by atoms with E-state index in [1.54, 1.807) is 28.8 Å².